The lowest BCUT2D eigenvalue weighted by Crippen LogP contribution is -2.55. The third-order valence-electron chi connectivity index (χ3n) is 16.0. The fourth-order valence-corrected chi connectivity index (χ4v) is 12.4. The molecule has 77 heavy (non-hydrogen) atoms. The van der Waals surface area contributed by atoms with Crippen molar-refractivity contribution in [3.05, 3.63) is 191 Å². The number of esters is 1. The Bertz CT molecular complexity index is 3150. The number of imide groups is 1. The summed E-state index contributed by atoms with van der Waals surface area (Å²) in [4.78, 5) is 69.5. The molecule has 0 aromatic heterocycles. The van der Waals surface area contributed by atoms with Crippen LogP contribution in [-0.4, -0.2) is 90.1 Å². The minimum absolute atomic E-state index is 0.0353. The summed E-state index contributed by atoms with van der Waals surface area (Å²) in [5.74, 6) is 3.28. The van der Waals surface area contributed by atoms with Crippen LogP contribution in [0.4, 0.5) is 21.9 Å². The summed E-state index contributed by atoms with van der Waals surface area (Å²) in [6.45, 7) is 4.26. The molecular formula is C63H63N5O9. The number of cyclic esters (lactones) is 1. The first-order chi connectivity index (χ1) is 37.6. The van der Waals surface area contributed by atoms with Crippen LogP contribution < -0.4 is 25.2 Å². The molecular weight excluding hydrogens is 971 g/mol. The smallest absolute Gasteiger partial charge is 0.329 e. The summed E-state index contributed by atoms with van der Waals surface area (Å²) in [6, 6.07) is 43.6. The van der Waals surface area contributed by atoms with E-state index in [4.69, 9.17) is 14.2 Å². The fourth-order valence-electron chi connectivity index (χ4n) is 12.4. The summed E-state index contributed by atoms with van der Waals surface area (Å²) in [5, 5.41) is 27.8. The summed E-state index contributed by atoms with van der Waals surface area (Å²) in [5.41, 5.74) is 1.87. The number of morpholine rings is 2. The molecule has 0 bridgehead atoms. The first-order valence-electron chi connectivity index (χ1n) is 26.8. The number of nitrogens with zero attached hydrogens (tertiary/aromatic N) is 3. The van der Waals surface area contributed by atoms with Crippen molar-refractivity contribution in [2.45, 2.75) is 86.7 Å². The van der Waals surface area contributed by atoms with Crippen LogP contribution >= 0.6 is 0 Å². The molecule has 14 heteroatoms. The van der Waals surface area contributed by atoms with E-state index >= 15 is 19.2 Å². The first kappa shape index (κ1) is 51.3. The van der Waals surface area contributed by atoms with Gasteiger partial charge in [-0.05, 0) is 115 Å². The van der Waals surface area contributed by atoms with E-state index in [1.807, 2.05) is 139 Å². The number of carbonyl (C=O) groups excluding carboxylic acids is 4. The van der Waals surface area contributed by atoms with Crippen molar-refractivity contribution in [1.29, 1.82) is 0 Å². The normalized spacial score (nSPS) is 24.1. The molecule has 4 amide bonds. The van der Waals surface area contributed by atoms with Gasteiger partial charge in [-0.3, -0.25) is 19.3 Å². The van der Waals surface area contributed by atoms with Gasteiger partial charge in [-0.1, -0.05) is 128 Å². The molecule has 1 saturated carbocycles. The highest BCUT2D eigenvalue weighted by Gasteiger charge is 2.75. The van der Waals surface area contributed by atoms with Gasteiger partial charge in [0.2, 0.25) is 11.8 Å². The predicted molar refractivity (Wildman–Crippen MR) is 292 cm³/mol. The number of aliphatic hydroxyl groups is 2. The van der Waals surface area contributed by atoms with E-state index in [9.17, 15) is 10.2 Å². The number of nitrogens with one attached hydrogen (secondary N) is 2. The number of anilines is 3. The largest absolute Gasteiger partial charge is 0.491 e. The number of aliphatic hydroxyl groups excluding tert-OH is 1. The van der Waals surface area contributed by atoms with Crippen LogP contribution in [0.3, 0.4) is 0 Å². The van der Waals surface area contributed by atoms with Crippen molar-refractivity contribution >= 4 is 40.9 Å². The summed E-state index contributed by atoms with van der Waals surface area (Å²) in [6.07, 6.45) is 3.76. The van der Waals surface area contributed by atoms with Crippen LogP contribution in [0.15, 0.2) is 158 Å². The van der Waals surface area contributed by atoms with E-state index in [1.54, 1.807) is 30.3 Å². The Balaban J connectivity index is 1.16. The van der Waals surface area contributed by atoms with Crippen LogP contribution in [0, 0.1) is 17.8 Å². The summed E-state index contributed by atoms with van der Waals surface area (Å²) in [7, 11) is 0. The number of benzene rings is 6. The zero-order chi connectivity index (χ0) is 53.1. The molecule has 14 nitrogen and oxygen atoms in total. The van der Waals surface area contributed by atoms with Crippen molar-refractivity contribution in [3.63, 3.8) is 0 Å². The van der Waals surface area contributed by atoms with Gasteiger partial charge in [0.05, 0.1) is 49.6 Å². The van der Waals surface area contributed by atoms with Gasteiger partial charge in [-0.15, -0.1) is 0 Å². The molecule has 6 aromatic carbocycles. The second-order valence-electron chi connectivity index (χ2n) is 20.7. The third kappa shape index (κ3) is 9.85. The van der Waals surface area contributed by atoms with Gasteiger partial charge in [0.25, 0.3) is 0 Å². The highest BCUT2D eigenvalue weighted by atomic mass is 16.6. The average molecular weight is 1030 g/mol. The molecule has 1 spiro atoms. The zero-order valence-electron chi connectivity index (χ0n) is 43.1. The van der Waals surface area contributed by atoms with Gasteiger partial charge in [-0.25, -0.2) is 9.69 Å². The lowest BCUT2D eigenvalue weighted by Gasteiger charge is -2.46. The molecule has 5 aliphatic rings. The highest BCUT2D eigenvalue weighted by molar-refractivity contribution is 6.25. The first-order valence-corrected chi connectivity index (χ1v) is 26.8. The fraction of sp³-hybridized carbons (Fsp3) is 0.333. The molecule has 11 rings (SSSR count). The summed E-state index contributed by atoms with van der Waals surface area (Å²) >= 11 is 0. The molecule has 3 saturated heterocycles. The SMILES string of the molecule is C[C@@H](NC(=O)N1C(=O)[C@@]2(c3cc(C#CC4(O)CCCCCC4)ccc31)[C@H](c1ccc(OCCO)cc1)N1[C@H](c3ccccc3)[C@H](c3ccccc3)OC(=O)[C@H]1[C@@H]2C(=O)Nc1ccc(N2CCOCC2)cc1)c1ccccc1. The number of fused-ring (bicyclic) bond motifs is 3. The zero-order valence-corrected chi connectivity index (χ0v) is 43.1. The van der Waals surface area contributed by atoms with Gasteiger partial charge in [0, 0.05) is 30.0 Å². The Morgan fingerprint density at radius 1 is 0.766 bits per heavy atom. The van der Waals surface area contributed by atoms with Crippen LogP contribution in [0.5, 0.6) is 5.75 Å². The number of rotatable bonds is 11. The standard InChI is InChI=1S/C63H63N5O9/c1-42(44-15-7-4-8-16-44)64-61(73)67-52-30-21-43(31-34-62(74)32-13-2-3-14-33-62)41-51(52)63(60(67)72)53(58(70)65-48-24-26-49(27-25-48)66-35-38-75-39-36-66)55-59(71)77-56(46-19-11-6-12-20-46)54(45-17-9-5-10-18-45)68(55)57(63)47-22-28-50(29-23-47)76-40-37-69/h4-12,15-30,41-42,53-57,69,74H,2-3,13-14,32-33,35-40H2,1H3,(H,64,73)(H,65,70)/t42-,53-,54-,55-,56+,57+,63-/m1/s1. The Hall–Kier alpha value is -7.80. The van der Waals surface area contributed by atoms with Crippen molar-refractivity contribution in [1.82, 2.24) is 10.2 Å². The summed E-state index contributed by atoms with van der Waals surface area (Å²) < 4.78 is 18.2. The predicted octanol–water partition coefficient (Wildman–Crippen LogP) is 9.11. The lowest BCUT2D eigenvalue weighted by atomic mass is 9.65. The molecule has 0 unspecified atom stereocenters. The molecule has 4 N–H and O–H groups in total. The second-order valence-corrected chi connectivity index (χ2v) is 20.7. The topological polar surface area (TPSA) is 170 Å². The minimum atomic E-state index is -2.06. The number of hydrogen-bond donors (Lipinski definition) is 4. The molecule has 4 heterocycles. The van der Waals surface area contributed by atoms with Crippen LogP contribution in [0.2, 0.25) is 0 Å². The minimum Gasteiger partial charge on any atom is -0.491 e. The maximum absolute atomic E-state index is 16.9. The number of hydrogen-bond acceptors (Lipinski definition) is 11. The van der Waals surface area contributed by atoms with E-state index in [-0.39, 0.29) is 18.9 Å². The van der Waals surface area contributed by atoms with E-state index in [1.165, 1.54) is 0 Å². The van der Waals surface area contributed by atoms with E-state index in [0.29, 0.717) is 72.8 Å². The average Bonchev–Trinajstić information content (AvgIpc) is 3.59. The maximum Gasteiger partial charge on any atom is 0.329 e. The molecule has 1 aliphatic carbocycles. The molecule has 394 valence electrons. The van der Waals surface area contributed by atoms with Crippen molar-refractivity contribution in [2.24, 2.45) is 5.92 Å². The lowest BCUT2D eigenvalue weighted by molar-refractivity contribution is -0.177. The van der Waals surface area contributed by atoms with Crippen molar-refractivity contribution in [3.8, 4) is 17.6 Å². The Morgan fingerprint density at radius 3 is 2.08 bits per heavy atom. The molecule has 4 fully saturated rings. The van der Waals surface area contributed by atoms with Crippen LogP contribution in [0.1, 0.15) is 103 Å². The maximum atomic E-state index is 16.9. The van der Waals surface area contributed by atoms with Gasteiger partial charge >= 0.3 is 12.0 Å². The van der Waals surface area contributed by atoms with Crippen molar-refractivity contribution < 1.29 is 43.6 Å². The molecule has 6 aromatic rings. The number of amides is 4. The number of urea groups is 1. The van der Waals surface area contributed by atoms with Crippen LogP contribution in [0.25, 0.3) is 0 Å². The van der Waals surface area contributed by atoms with Gasteiger partial charge in [0.1, 0.15) is 35.5 Å². The van der Waals surface area contributed by atoms with Crippen LogP contribution in [-0.2, 0) is 29.3 Å². The van der Waals surface area contributed by atoms with E-state index in [2.05, 4.69) is 27.4 Å². The second kappa shape index (κ2) is 22.0. The van der Waals surface area contributed by atoms with Gasteiger partial charge < -0.3 is 40.0 Å². The number of ether oxygens (including phenoxy) is 3. The third-order valence-corrected chi connectivity index (χ3v) is 16.0. The molecule has 4 aliphatic heterocycles. The molecule has 7 atom stereocenters. The van der Waals surface area contributed by atoms with Gasteiger partial charge in [0.15, 0.2) is 0 Å². The Morgan fingerprint density at radius 2 is 1.42 bits per heavy atom. The van der Waals surface area contributed by atoms with E-state index in [0.717, 1.165) is 47.4 Å². The van der Waals surface area contributed by atoms with Gasteiger partial charge in [-0.2, -0.15) is 0 Å². The highest BCUT2D eigenvalue weighted by Crippen LogP contribution is 2.66. The van der Waals surface area contributed by atoms with Crippen molar-refractivity contribution in [2.75, 3.05) is 54.6 Å². The quantitative estimate of drug-likeness (QED) is 0.0555. The monoisotopic (exact) mass is 1030 g/mol. The Labute approximate surface area is 448 Å². The van der Waals surface area contributed by atoms with E-state index < -0.39 is 71.0 Å². The molecule has 0 radical (unpaired) electrons. The Kier molecular flexibility index (Phi) is 14.7. The number of carbonyl (C=O) groups is 4.